The normalized spacial score (nSPS) is 12.9. The van der Waals surface area contributed by atoms with E-state index in [9.17, 15) is 0 Å². The lowest BCUT2D eigenvalue weighted by Gasteiger charge is -2.21. The van der Waals surface area contributed by atoms with Gasteiger partial charge in [0.05, 0.1) is 12.3 Å². The average Bonchev–Trinajstić information content (AvgIpc) is 2.90. The number of nitrogens with one attached hydrogen (secondary N) is 2. The molecule has 0 aromatic carbocycles. The zero-order valence-electron chi connectivity index (χ0n) is 15.0. The van der Waals surface area contributed by atoms with Crippen molar-refractivity contribution in [2.24, 2.45) is 18.0 Å². The van der Waals surface area contributed by atoms with Crippen LogP contribution in [-0.4, -0.2) is 48.6 Å². The fourth-order valence-electron chi connectivity index (χ4n) is 2.30. The molecule has 1 aromatic rings. The SMILES string of the molecule is CCOC(CCNC(=NC)NCCc1cnn(C)c1)C(C)C.I. The molecule has 0 bridgehead atoms. The van der Waals surface area contributed by atoms with Crippen molar-refractivity contribution in [3.05, 3.63) is 18.0 Å². The highest BCUT2D eigenvalue weighted by molar-refractivity contribution is 14.0. The Morgan fingerprint density at radius 1 is 1.35 bits per heavy atom. The molecule has 1 rings (SSSR count). The highest BCUT2D eigenvalue weighted by atomic mass is 127. The number of aryl methyl sites for hydroxylation is 1. The van der Waals surface area contributed by atoms with Crippen molar-refractivity contribution >= 4 is 29.9 Å². The average molecular weight is 437 g/mol. The molecule has 134 valence electrons. The van der Waals surface area contributed by atoms with Gasteiger partial charge in [0.2, 0.25) is 0 Å². The van der Waals surface area contributed by atoms with Crippen molar-refractivity contribution in [2.45, 2.75) is 39.7 Å². The first-order valence-electron chi connectivity index (χ1n) is 8.10. The van der Waals surface area contributed by atoms with Crippen LogP contribution in [0.15, 0.2) is 17.4 Å². The Morgan fingerprint density at radius 2 is 2.04 bits per heavy atom. The molecule has 0 fully saturated rings. The van der Waals surface area contributed by atoms with Gasteiger partial charge in [-0.05, 0) is 31.2 Å². The molecule has 7 heteroatoms. The number of hydrogen-bond acceptors (Lipinski definition) is 3. The van der Waals surface area contributed by atoms with Crippen molar-refractivity contribution in [3.63, 3.8) is 0 Å². The van der Waals surface area contributed by atoms with E-state index in [2.05, 4.69) is 34.6 Å². The zero-order chi connectivity index (χ0) is 16.4. The minimum Gasteiger partial charge on any atom is -0.378 e. The summed E-state index contributed by atoms with van der Waals surface area (Å²) in [5, 5.41) is 10.8. The molecule has 0 aliphatic rings. The van der Waals surface area contributed by atoms with E-state index in [0.29, 0.717) is 12.0 Å². The maximum Gasteiger partial charge on any atom is 0.190 e. The van der Waals surface area contributed by atoms with E-state index in [1.54, 1.807) is 7.05 Å². The summed E-state index contributed by atoms with van der Waals surface area (Å²) in [6.45, 7) is 8.89. The molecule has 0 saturated carbocycles. The van der Waals surface area contributed by atoms with E-state index in [1.165, 1.54) is 5.56 Å². The summed E-state index contributed by atoms with van der Waals surface area (Å²) >= 11 is 0. The Kier molecular flexibility index (Phi) is 12.1. The van der Waals surface area contributed by atoms with Crippen LogP contribution in [0, 0.1) is 5.92 Å². The largest absolute Gasteiger partial charge is 0.378 e. The van der Waals surface area contributed by atoms with E-state index in [-0.39, 0.29) is 24.0 Å². The molecule has 1 unspecified atom stereocenters. The van der Waals surface area contributed by atoms with Crippen molar-refractivity contribution in [2.75, 3.05) is 26.7 Å². The zero-order valence-corrected chi connectivity index (χ0v) is 17.3. The van der Waals surface area contributed by atoms with Crippen molar-refractivity contribution in [1.82, 2.24) is 20.4 Å². The highest BCUT2D eigenvalue weighted by Gasteiger charge is 2.12. The molecule has 2 N–H and O–H groups in total. The van der Waals surface area contributed by atoms with Crippen LogP contribution >= 0.6 is 24.0 Å². The Bertz CT molecular complexity index is 447. The Hall–Kier alpha value is -0.830. The number of halogens is 1. The maximum absolute atomic E-state index is 5.75. The van der Waals surface area contributed by atoms with Gasteiger partial charge in [0, 0.05) is 40.0 Å². The van der Waals surface area contributed by atoms with E-state index < -0.39 is 0 Å². The van der Waals surface area contributed by atoms with E-state index in [0.717, 1.165) is 38.5 Å². The fourth-order valence-corrected chi connectivity index (χ4v) is 2.30. The van der Waals surface area contributed by atoms with E-state index >= 15 is 0 Å². The van der Waals surface area contributed by atoms with E-state index in [4.69, 9.17) is 4.74 Å². The summed E-state index contributed by atoms with van der Waals surface area (Å²) in [5.41, 5.74) is 1.22. The summed E-state index contributed by atoms with van der Waals surface area (Å²) in [7, 11) is 3.73. The predicted molar refractivity (Wildman–Crippen MR) is 107 cm³/mol. The van der Waals surface area contributed by atoms with Crippen molar-refractivity contribution in [1.29, 1.82) is 0 Å². The van der Waals surface area contributed by atoms with Gasteiger partial charge in [-0.25, -0.2) is 0 Å². The van der Waals surface area contributed by atoms with Crippen LogP contribution in [0.4, 0.5) is 0 Å². The highest BCUT2D eigenvalue weighted by Crippen LogP contribution is 2.09. The third kappa shape index (κ3) is 9.14. The number of hydrogen-bond donors (Lipinski definition) is 2. The van der Waals surface area contributed by atoms with Crippen LogP contribution in [0.2, 0.25) is 0 Å². The molecular weight excluding hydrogens is 405 g/mol. The summed E-state index contributed by atoms with van der Waals surface area (Å²) < 4.78 is 7.57. The molecule has 0 spiro atoms. The summed E-state index contributed by atoms with van der Waals surface area (Å²) in [6.07, 6.45) is 6.14. The smallest absolute Gasteiger partial charge is 0.190 e. The van der Waals surface area contributed by atoms with Gasteiger partial charge in [-0.15, -0.1) is 24.0 Å². The third-order valence-electron chi connectivity index (χ3n) is 3.53. The van der Waals surface area contributed by atoms with Crippen LogP contribution in [-0.2, 0) is 18.2 Å². The number of aromatic nitrogens is 2. The molecular formula is C16H32IN5O. The van der Waals surface area contributed by atoms with Crippen LogP contribution in [0.5, 0.6) is 0 Å². The lowest BCUT2D eigenvalue weighted by Crippen LogP contribution is -2.40. The fraction of sp³-hybridized carbons (Fsp3) is 0.750. The van der Waals surface area contributed by atoms with Gasteiger partial charge < -0.3 is 15.4 Å². The van der Waals surface area contributed by atoms with Crippen LogP contribution < -0.4 is 10.6 Å². The molecule has 0 saturated heterocycles. The number of aliphatic imine (C=N–C) groups is 1. The van der Waals surface area contributed by atoms with Gasteiger partial charge in [-0.2, -0.15) is 5.10 Å². The second kappa shape index (κ2) is 12.6. The van der Waals surface area contributed by atoms with Crippen LogP contribution in [0.3, 0.4) is 0 Å². The summed E-state index contributed by atoms with van der Waals surface area (Å²) in [6, 6.07) is 0. The first-order valence-corrected chi connectivity index (χ1v) is 8.10. The Labute approximate surface area is 157 Å². The molecule has 1 atom stereocenters. The number of ether oxygens (including phenoxy) is 1. The second-order valence-electron chi connectivity index (χ2n) is 5.72. The summed E-state index contributed by atoms with van der Waals surface area (Å²) in [4.78, 5) is 4.24. The lowest BCUT2D eigenvalue weighted by atomic mass is 10.0. The second-order valence-corrected chi connectivity index (χ2v) is 5.72. The molecule has 23 heavy (non-hydrogen) atoms. The van der Waals surface area contributed by atoms with E-state index in [1.807, 2.05) is 31.0 Å². The lowest BCUT2D eigenvalue weighted by molar-refractivity contribution is 0.0258. The van der Waals surface area contributed by atoms with Crippen molar-refractivity contribution in [3.8, 4) is 0 Å². The van der Waals surface area contributed by atoms with Gasteiger partial charge in [0.1, 0.15) is 0 Å². The van der Waals surface area contributed by atoms with Gasteiger partial charge in [0.25, 0.3) is 0 Å². The molecule has 6 nitrogen and oxygen atoms in total. The van der Waals surface area contributed by atoms with Gasteiger partial charge in [-0.1, -0.05) is 13.8 Å². The number of nitrogens with zero attached hydrogens (tertiary/aromatic N) is 3. The first kappa shape index (κ1) is 22.2. The quantitative estimate of drug-likeness (QED) is 0.353. The summed E-state index contributed by atoms with van der Waals surface area (Å²) in [5.74, 6) is 1.37. The topological polar surface area (TPSA) is 63.5 Å². The minimum atomic E-state index is 0. The molecule has 0 aliphatic heterocycles. The van der Waals surface area contributed by atoms with Gasteiger partial charge >= 0.3 is 0 Å². The first-order chi connectivity index (χ1) is 10.6. The molecule has 1 aromatic heterocycles. The van der Waals surface area contributed by atoms with Crippen LogP contribution in [0.25, 0.3) is 0 Å². The molecule has 0 aliphatic carbocycles. The maximum atomic E-state index is 5.75. The predicted octanol–water partition coefficient (Wildman–Crippen LogP) is 2.20. The minimum absolute atomic E-state index is 0. The van der Waals surface area contributed by atoms with Gasteiger partial charge in [-0.3, -0.25) is 9.67 Å². The third-order valence-corrected chi connectivity index (χ3v) is 3.53. The number of rotatable bonds is 9. The van der Waals surface area contributed by atoms with Crippen molar-refractivity contribution < 1.29 is 4.74 Å². The number of guanidine groups is 1. The molecule has 1 heterocycles. The monoisotopic (exact) mass is 437 g/mol. The molecule has 0 radical (unpaired) electrons. The molecule has 0 amide bonds. The van der Waals surface area contributed by atoms with Crippen LogP contribution in [0.1, 0.15) is 32.8 Å². The Balaban J connectivity index is 0.00000484. The van der Waals surface area contributed by atoms with Gasteiger partial charge in [0.15, 0.2) is 5.96 Å². The standard InChI is InChI=1S/C16H31N5O.HI/c1-6-22-15(13(2)3)8-10-19-16(17-4)18-9-7-14-11-20-21(5)12-14;/h11-13,15H,6-10H2,1-5H3,(H2,17,18,19);1H. The Morgan fingerprint density at radius 3 is 2.57 bits per heavy atom.